The second-order valence-corrected chi connectivity index (χ2v) is 5.92. The third kappa shape index (κ3) is 3.19. The number of hydrogen-bond acceptors (Lipinski definition) is 2. The average Bonchev–Trinajstić information content (AvgIpc) is 2.85. The number of amides is 1. The molecule has 126 valence electrons. The second-order valence-electron chi connectivity index (χ2n) is 5.51. The van der Waals surface area contributed by atoms with Gasteiger partial charge in [-0.15, -0.1) is 0 Å². The lowest BCUT2D eigenvalue weighted by molar-refractivity contribution is -0.189. The summed E-state index contributed by atoms with van der Waals surface area (Å²) >= 11 is 6.20. The molecule has 3 nitrogen and oxygen atoms in total. The van der Waals surface area contributed by atoms with Crippen LogP contribution in [0.15, 0.2) is 36.4 Å². The number of alkyl halides is 3. The van der Waals surface area contributed by atoms with Crippen molar-refractivity contribution in [1.82, 2.24) is 0 Å². The first-order valence-electron chi connectivity index (χ1n) is 7.21. The molecular weight excluding hydrogens is 343 g/mol. The Bertz CT molecular complexity index is 805. The number of benzene rings is 2. The molecule has 1 heterocycles. The van der Waals surface area contributed by atoms with E-state index < -0.39 is 12.3 Å². The van der Waals surface area contributed by atoms with Crippen LogP contribution in [0.2, 0.25) is 5.02 Å². The third-order valence-corrected chi connectivity index (χ3v) is 4.07. The fourth-order valence-electron chi connectivity index (χ4n) is 2.52. The maximum absolute atomic E-state index is 12.8. The Hall–Kier alpha value is -2.21. The molecule has 0 aromatic heterocycles. The average molecular weight is 356 g/mol. The number of rotatable bonds is 3. The highest BCUT2D eigenvalue weighted by atomic mass is 35.5. The van der Waals surface area contributed by atoms with E-state index >= 15 is 0 Å². The second kappa shape index (κ2) is 6.02. The summed E-state index contributed by atoms with van der Waals surface area (Å²) in [6.45, 7) is 0.940. The summed E-state index contributed by atoms with van der Waals surface area (Å²) in [4.78, 5) is 11.5. The SMILES string of the molecule is C[C@@H](Oc1cccc(Cl)c1-c1ccc2c(c1)CC(=O)N2)C(F)(F)F. The molecule has 24 heavy (non-hydrogen) atoms. The van der Waals surface area contributed by atoms with Crippen molar-refractivity contribution in [1.29, 1.82) is 0 Å². The quantitative estimate of drug-likeness (QED) is 0.856. The van der Waals surface area contributed by atoms with Crippen LogP contribution >= 0.6 is 11.6 Å². The number of halogens is 4. The molecule has 1 N–H and O–H groups in total. The summed E-state index contributed by atoms with van der Waals surface area (Å²) < 4.78 is 43.5. The van der Waals surface area contributed by atoms with E-state index in [4.69, 9.17) is 16.3 Å². The standard InChI is InChI=1S/C17H13ClF3NO2/c1-9(17(19,20)21)24-14-4-2-3-12(18)16(14)10-5-6-13-11(7-10)8-15(23)22-13/h2-7,9H,8H2,1H3,(H,22,23)/t9-/m1/s1. The number of nitrogens with one attached hydrogen (secondary N) is 1. The summed E-state index contributed by atoms with van der Waals surface area (Å²) in [6, 6.07) is 9.69. The minimum Gasteiger partial charge on any atom is -0.481 e. The molecule has 1 aliphatic heterocycles. The lowest BCUT2D eigenvalue weighted by Crippen LogP contribution is -2.31. The monoisotopic (exact) mass is 355 g/mol. The van der Waals surface area contributed by atoms with Crippen LogP contribution in [0.25, 0.3) is 11.1 Å². The summed E-state index contributed by atoms with van der Waals surface area (Å²) in [5.41, 5.74) is 2.44. The van der Waals surface area contributed by atoms with Crippen LogP contribution in [0.5, 0.6) is 5.75 Å². The van der Waals surface area contributed by atoms with Crippen LogP contribution in [0, 0.1) is 0 Å². The number of ether oxygens (including phenoxy) is 1. The Kier molecular flexibility index (Phi) is 4.17. The number of fused-ring (bicyclic) bond motifs is 1. The van der Waals surface area contributed by atoms with Crippen LogP contribution in [-0.2, 0) is 11.2 Å². The predicted octanol–water partition coefficient (Wildman–Crippen LogP) is 4.83. The Morgan fingerprint density at radius 2 is 2.00 bits per heavy atom. The van der Waals surface area contributed by atoms with Gasteiger partial charge in [-0.3, -0.25) is 4.79 Å². The van der Waals surface area contributed by atoms with Gasteiger partial charge in [0.15, 0.2) is 6.10 Å². The van der Waals surface area contributed by atoms with E-state index in [0.717, 1.165) is 12.5 Å². The molecule has 7 heteroatoms. The zero-order valence-electron chi connectivity index (χ0n) is 12.6. The van der Waals surface area contributed by atoms with Crippen molar-refractivity contribution in [3.05, 3.63) is 47.0 Å². The normalized spacial score (nSPS) is 15.0. The van der Waals surface area contributed by atoms with Crippen molar-refractivity contribution in [3.8, 4) is 16.9 Å². The molecule has 1 atom stereocenters. The van der Waals surface area contributed by atoms with Crippen molar-refractivity contribution in [3.63, 3.8) is 0 Å². The molecule has 0 aliphatic carbocycles. The maximum Gasteiger partial charge on any atom is 0.425 e. The number of hydrogen-bond donors (Lipinski definition) is 1. The van der Waals surface area contributed by atoms with Gasteiger partial charge in [-0.2, -0.15) is 13.2 Å². The van der Waals surface area contributed by atoms with E-state index in [9.17, 15) is 18.0 Å². The van der Waals surface area contributed by atoms with Crippen LogP contribution in [-0.4, -0.2) is 18.2 Å². The number of anilines is 1. The molecule has 0 unspecified atom stereocenters. The van der Waals surface area contributed by atoms with Crippen LogP contribution in [0.4, 0.5) is 18.9 Å². The van der Waals surface area contributed by atoms with Crippen LogP contribution in [0.3, 0.4) is 0 Å². The van der Waals surface area contributed by atoms with Crippen LogP contribution < -0.4 is 10.1 Å². The Balaban J connectivity index is 2.02. The molecule has 0 spiro atoms. The van der Waals surface area contributed by atoms with Gasteiger partial charge in [0.25, 0.3) is 0 Å². The third-order valence-electron chi connectivity index (χ3n) is 3.76. The first kappa shape index (κ1) is 16.6. The first-order valence-corrected chi connectivity index (χ1v) is 7.58. The largest absolute Gasteiger partial charge is 0.481 e. The lowest BCUT2D eigenvalue weighted by atomic mass is 10.0. The zero-order chi connectivity index (χ0) is 17.5. The molecule has 0 bridgehead atoms. The van der Waals surface area contributed by atoms with Gasteiger partial charge in [-0.05, 0) is 42.3 Å². The maximum atomic E-state index is 12.8. The van der Waals surface area contributed by atoms with Gasteiger partial charge >= 0.3 is 6.18 Å². The Morgan fingerprint density at radius 3 is 2.71 bits per heavy atom. The molecule has 0 fully saturated rings. The van der Waals surface area contributed by atoms with E-state index in [0.29, 0.717) is 16.8 Å². The fraction of sp³-hybridized carbons (Fsp3) is 0.235. The molecule has 2 aromatic rings. The highest BCUT2D eigenvalue weighted by Gasteiger charge is 2.38. The summed E-state index contributed by atoms with van der Waals surface area (Å²) in [6.07, 6.45) is -6.22. The van der Waals surface area contributed by atoms with Gasteiger partial charge in [-0.25, -0.2) is 0 Å². The zero-order valence-corrected chi connectivity index (χ0v) is 13.3. The molecular formula is C17H13ClF3NO2. The highest BCUT2D eigenvalue weighted by Crippen LogP contribution is 2.40. The van der Waals surface area contributed by atoms with E-state index in [2.05, 4.69) is 5.32 Å². The van der Waals surface area contributed by atoms with Gasteiger partial charge in [0.05, 0.1) is 11.4 Å². The van der Waals surface area contributed by atoms with Crippen molar-refractivity contribution >= 4 is 23.2 Å². The van der Waals surface area contributed by atoms with Crippen molar-refractivity contribution < 1.29 is 22.7 Å². The van der Waals surface area contributed by atoms with Gasteiger partial charge < -0.3 is 10.1 Å². The van der Waals surface area contributed by atoms with Crippen molar-refractivity contribution in [2.45, 2.75) is 25.6 Å². The molecule has 2 aromatic carbocycles. The van der Waals surface area contributed by atoms with Crippen LogP contribution in [0.1, 0.15) is 12.5 Å². The van der Waals surface area contributed by atoms with Crippen molar-refractivity contribution in [2.75, 3.05) is 5.32 Å². The first-order chi connectivity index (χ1) is 11.3. The van der Waals surface area contributed by atoms with Gasteiger partial charge in [0.1, 0.15) is 5.75 Å². The summed E-state index contributed by atoms with van der Waals surface area (Å²) in [5, 5.41) is 2.98. The minimum absolute atomic E-state index is 0.0459. The lowest BCUT2D eigenvalue weighted by Gasteiger charge is -2.20. The summed E-state index contributed by atoms with van der Waals surface area (Å²) in [7, 11) is 0. The van der Waals surface area contributed by atoms with Gasteiger partial charge in [0.2, 0.25) is 5.91 Å². The van der Waals surface area contributed by atoms with E-state index in [1.165, 1.54) is 12.1 Å². The fourth-order valence-corrected chi connectivity index (χ4v) is 2.80. The molecule has 1 aliphatic rings. The topological polar surface area (TPSA) is 38.3 Å². The number of carbonyl (C=O) groups excluding carboxylic acids is 1. The van der Waals surface area contributed by atoms with E-state index in [1.807, 2.05) is 0 Å². The summed E-state index contributed by atoms with van der Waals surface area (Å²) in [5.74, 6) is -0.0759. The molecule has 1 amide bonds. The number of carbonyl (C=O) groups is 1. The van der Waals surface area contributed by atoms with Gasteiger partial charge in [-0.1, -0.05) is 23.7 Å². The minimum atomic E-state index is -4.48. The smallest absolute Gasteiger partial charge is 0.425 e. The molecule has 3 rings (SSSR count). The Labute approximate surface area is 141 Å². The molecule has 0 radical (unpaired) electrons. The van der Waals surface area contributed by atoms with Crippen molar-refractivity contribution in [2.24, 2.45) is 0 Å². The van der Waals surface area contributed by atoms with E-state index in [-0.39, 0.29) is 23.1 Å². The predicted molar refractivity (Wildman–Crippen MR) is 85.4 cm³/mol. The molecule has 0 saturated heterocycles. The van der Waals surface area contributed by atoms with E-state index in [1.54, 1.807) is 24.3 Å². The molecule has 0 saturated carbocycles. The highest BCUT2D eigenvalue weighted by molar-refractivity contribution is 6.33. The van der Waals surface area contributed by atoms with Gasteiger partial charge in [0, 0.05) is 11.3 Å². The Morgan fingerprint density at radius 1 is 1.25 bits per heavy atom.